The minimum absolute atomic E-state index is 0.0215. The van der Waals surface area contributed by atoms with Crippen LogP contribution < -0.4 is 5.32 Å². The number of benzene rings is 1. The molecule has 0 unspecified atom stereocenters. The van der Waals surface area contributed by atoms with E-state index in [4.69, 9.17) is 11.6 Å². The maximum Gasteiger partial charge on any atom is 0.408 e. The van der Waals surface area contributed by atoms with Gasteiger partial charge in [-0.1, -0.05) is 23.7 Å². The highest BCUT2D eigenvalue weighted by Crippen LogP contribution is 2.42. The molecule has 0 bridgehead atoms. The van der Waals surface area contributed by atoms with Crippen molar-refractivity contribution in [3.63, 3.8) is 0 Å². The van der Waals surface area contributed by atoms with E-state index in [1.54, 1.807) is 24.0 Å². The zero-order valence-corrected chi connectivity index (χ0v) is 19.6. The molecule has 0 aromatic heterocycles. The number of likely N-dealkylation sites (N-methyl/N-ethyl adjacent to an activating group) is 1. The largest absolute Gasteiger partial charge is 0.465 e. The predicted molar refractivity (Wildman–Crippen MR) is 122 cm³/mol. The van der Waals surface area contributed by atoms with E-state index in [9.17, 15) is 23.9 Å². The average molecular weight is 480 g/mol. The summed E-state index contributed by atoms with van der Waals surface area (Å²) in [4.78, 5) is 42.0. The van der Waals surface area contributed by atoms with Gasteiger partial charge in [0.2, 0.25) is 5.91 Å². The Labute approximate surface area is 198 Å². The zero-order valence-electron chi connectivity index (χ0n) is 18.8. The van der Waals surface area contributed by atoms with E-state index in [0.29, 0.717) is 50.3 Å². The number of ketones is 1. The van der Waals surface area contributed by atoms with Crippen LogP contribution in [0.2, 0.25) is 5.02 Å². The Morgan fingerprint density at radius 2 is 1.82 bits per heavy atom. The highest BCUT2D eigenvalue weighted by molar-refractivity contribution is 6.30. The van der Waals surface area contributed by atoms with Gasteiger partial charge in [0.05, 0.1) is 0 Å². The standard InChI is InChI=1S/C24H31ClFN3O4/c1-2-29(23(32)33)24(14-27-13-20(24)15-3-5-18(25)6-4-15)21(30)16-7-9-28(10-8-16)22(31)17-11-19(26)12-17/h3-6,16-17,19-20,27H,2,7-14H2,1H3,(H,32,33)/t17?,19?,20-,24+/m0/s1. The van der Waals surface area contributed by atoms with Crippen LogP contribution in [0.15, 0.2) is 24.3 Å². The van der Waals surface area contributed by atoms with Gasteiger partial charge in [-0.15, -0.1) is 0 Å². The quantitative estimate of drug-likeness (QED) is 0.653. The predicted octanol–water partition coefficient (Wildman–Crippen LogP) is 3.32. The molecule has 1 aliphatic carbocycles. The van der Waals surface area contributed by atoms with Crippen LogP contribution in [-0.4, -0.2) is 77.1 Å². The molecule has 7 nitrogen and oxygen atoms in total. The molecule has 2 heterocycles. The van der Waals surface area contributed by atoms with Gasteiger partial charge in [-0.05, 0) is 50.3 Å². The fourth-order valence-electron chi connectivity index (χ4n) is 5.78. The second kappa shape index (κ2) is 9.58. The molecule has 2 amide bonds. The molecule has 1 saturated carbocycles. The van der Waals surface area contributed by atoms with Gasteiger partial charge in [-0.3, -0.25) is 14.5 Å². The third-order valence-corrected chi connectivity index (χ3v) is 7.91. The third kappa shape index (κ3) is 4.35. The summed E-state index contributed by atoms with van der Waals surface area (Å²) in [6, 6.07) is 7.23. The molecule has 2 N–H and O–H groups in total. The first-order chi connectivity index (χ1) is 15.8. The summed E-state index contributed by atoms with van der Waals surface area (Å²) >= 11 is 6.06. The average Bonchev–Trinajstić information content (AvgIpc) is 3.22. The van der Waals surface area contributed by atoms with Crippen LogP contribution in [0.25, 0.3) is 0 Å². The molecule has 0 radical (unpaired) electrons. The first-order valence-electron chi connectivity index (χ1n) is 11.7. The number of rotatable bonds is 6. The SMILES string of the molecule is CCN(C(=O)O)[C@]1(C(=O)C2CCN(C(=O)C3CC(F)C3)CC2)CNC[C@H]1c1ccc(Cl)cc1. The number of carbonyl (C=O) groups excluding carboxylic acids is 2. The van der Waals surface area contributed by atoms with Crippen molar-refractivity contribution in [2.45, 2.75) is 50.2 Å². The molecule has 3 fully saturated rings. The molecule has 1 aromatic rings. The zero-order chi connectivity index (χ0) is 23.8. The van der Waals surface area contributed by atoms with E-state index in [0.717, 1.165) is 5.56 Å². The first kappa shape index (κ1) is 24.0. The number of nitrogens with one attached hydrogen (secondary N) is 1. The highest BCUT2D eigenvalue weighted by atomic mass is 35.5. The molecule has 9 heteroatoms. The summed E-state index contributed by atoms with van der Waals surface area (Å²) in [7, 11) is 0. The molecule has 2 saturated heterocycles. The van der Waals surface area contributed by atoms with E-state index in [1.165, 1.54) is 4.90 Å². The van der Waals surface area contributed by atoms with Gasteiger partial charge in [-0.25, -0.2) is 9.18 Å². The third-order valence-electron chi connectivity index (χ3n) is 7.65. The summed E-state index contributed by atoms with van der Waals surface area (Å²) in [6.07, 6.45) is -0.440. The van der Waals surface area contributed by atoms with E-state index < -0.39 is 17.8 Å². The number of nitrogens with zero attached hydrogens (tertiary/aromatic N) is 2. The summed E-state index contributed by atoms with van der Waals surface area (Å²) in [5.41, 5.74) is -0.350. The lowest BCUT2D eigenvalue weighted by Crippen LogP contribution is -2.63. The lowest BCUT2D eigenvalue weighted by Gasteiger charge is -2.45. The fourth-order valence-corrected chi connectivity index (χ4v) is 5.90. The second-order valence-electron chi connectivity index (χ2n) is 9.42. The van der Waals surface area contributed by atoms with E-state index in [1.807, 2.05) is 12.1 Å². The van der Waals surface area contributed by atoms with Gasteiger partial charge in [0, 0.05) is 55.5 Å². The fraction of sp³-hybridized carbons (Fsp3) is 0.625. The number of Topliss-reactive ketones (excluding diaryl/α,β-unsaturated/α-hetero) is 1. The molecule has 2 atom stereocenters. The number of hydrogen-bond donors (Lipinski definition) is 2. The van der Waals surface area contributed by atoms with Gasteiger partial charge in [0.25, 0.3) is 0 Å². The lowest BCUT2D eigenvalue weighted by molar-refractivity contribution is -0.145. The lowest BCUT2D eigenvalue weighted by atomic mass is 9.71. The van der Waals surface area contributed by atoms with Crippen molar-refractivity contribution in [3.05, 3.63) is 34.9 Å². The monoisotopic (exact) mass is 479 g/mol. The Kier molecular flexibility index (Phi) is 6.96. The molecule has 33 heavy (non-hydrogen) atoms. The molecular weight excluding hydrogens is 449 g/mol. The van der Waals surface area contributed by atoms with E-state index >= 15 is 0 Å². The van der Waals surface area contributed by atoms with Crippen molar-refractivity contribution >= 4 is 29.4 Å². The number of likely N-dealkylation sites (tertiary alicyclic amines) is 1. The van der Waals surface area contributed by atoms with Crippen molar-refractivity contribution in [3.8, 4) is 0 Å². The molecular formula is C24H31ClFN3O4. The van der Waals surface area contributed by atoms with Crippen molar-refractivity contribution in [1.82, 2.24) is 15.1 Å². The van der Waals surface area contributed by atoms with Crippen molar-refractivity contribution in [2.24, 2.45) is 11.8 Å². The summed E-state index contributed by atoms with van der Waals surface area (Å²) in [5.74, 6) is -1.03. The van der Waals surface area contributed by atoms with Crippen LogP contribution in [-0.2, 0) is 9.59 Å². The van der Waals surface area contributed by atoms with Gasteiger partial charge >= 0.3 is 6.09 Å². The number of halogens is 2. The van der Waals surface area contributed by atoms with Crippen LogP contribution in [0.1, 0.15) is 44.1 Å². The smallest absolute Gasteiger partial charge is 0.408 e. The summed E-state index contributed by atoms with van der Waals surface area (Å²) in [6.45, 7) is 3.56. The Balaban J connectivity index is 1.56. The van der Waals surface area contributed by atoms with Crippen molar-refractivity contribution in [2.75, 3.05) is 32.7 Å². The molecule has 3 aliphatic rings. The molecule has 4 rings (SSSR count). The number of carbonyl (C=O) groups is 3. The number of carboxylic acid groups (broad SMARTS) is 1. The number of piperidine rings is 1. The topological polar surface area (TPSA) is 90.0 Å². The maximum absolute atomic E-state index is 14.1. The maximum atomic E-state index is 14.1. The van der Waals surface area contributed by atoms with Crippen LogP contribution >= 0.6 is 11.6 Å². The van der Waals surface area contributed by atoms with Gasteiger partial charge in [-0.2, -0.15) is 0 Å². The normalized spacial score (nSPS) is 30.0. The number of amides is 2. The number of hydrogen-bond acceptors (Lipinski definition) is 4. The Morgan fingerprint density at radius 3 is 2.36 bits per heavy atom. The Morgan fingerprint density at radius 1 is 1.18 bits per heavy atom. The van der Waals surface area contributed by atoms with Gasteiger partial charge < -0.3 is 15.3 Å². The van der Waals surface area contributed by atoms with Gasteiger partial charge in [0.15, 0.2) is 5.78 Å². The summed E-state index contributed by atoms with van der Waals surface area (Å²) < 4.78 is 13.2. The van der Waals surface area contributed by atoms with Crippen LogP contribution in [0.5, 0.6) is 0 Å². The molecule has 1 aromatic carbocycles. The summed E-state index contributed by atoms with van der Waals surface area (Å²) in [5, 5.41) is 13.9. The first-order valence-corrected chi connectivity index (χ1v) is 12.1. The van der Waals surface area contributed by atoms with E-state index in [2.05, 4.69) is 5.32 Å². The Hall–Kier alpha value is -2.19. The van der Waals surface area contributed by atoms with Crippen molar-refractivity contribution < 1.29 is 23.9 Å². The molecule has 0 spiro atoms. The van der Waals surface area contributed by atoms with Gasteiger partial charge in [0.1, 0.15) is 11.7 Å². The molecule has 2 aliphatic heterocycles. The highest BCUT2D eigenvalue weighted by Gasteiger charge is 2.56. The minimum atomic E-state index is -1.22. The second-order valence-corrected chi connectivity index (χ2v) is 9.85. The van der Waals surface area contributed by atoms with E-state index in [-0.39, 0.29) is 42.5 Å². The van der Waals surface area contributed by atoms with Crippen molar-refractivity contribution in [1.29, 1.82) is 0 Å². The van der Waals surface area contributed by atoms with Crippen LogP contribution in [0.3, 0.4) is 0 Å². The minimum Gasteiger partial charge on any atom is -0.465 e. The number of alkyl halides is 1. The Bertz CT molecular complexity index is 899. The molecule has 180 valence electrons. The van der Waals surface area contributed by atoms with Crippen LogP contribution in [0.4, 0.5) is 9.18 Å². The van der Waals surface area contributed by atoms with Crippen LogP contribution in [0, 0.1) is 11.8 Å².